The predicted molar refractivity (Wildman–Crippen MR) is 93.2 cm³/mol. The van der Waals surface area contributed by atoms with E-state index in [1.807, 2.05) is 23.7 Å². The van der Waals surface area contributed by atoms with Crippen molar-refractivity contribution in [2.24, 2.45) is 7.05 Å². The van der Waals surface area contributed by atoms with Crippen LogP contribution < -0.4 is 0 Å². The van der Waals surface area contributed by atoms with E-state index in [2.05, 4.69) is 9.97 Å². The van der Waals surface area contributed by atoms with Gasteiger partial charge in [0.05, 0.1) is 5.56 Å². The molecule has 0 bridgehead atoms. The monoisotopic (exact) mass is 374 g/mol. The van der Waals surface area contributed by atoms with Gasteiger partial charge in [0.25, 0.3) is 5.91 Å². The van der Waals surface area contributed by atoms with Crippen molar-refractivity contribution in [2.75, 3.05) is 13.1 Å². The average molecular weight is 374 g/mol. The van der Waals surface area contributed by atoms with Crippen molar-refractivity contribution in [3.8, 4) is 0 Å². The number of imidazole rings is 1. The number of aromatic nitrogens is 3. The fourth-order valence-corrected chi connectivity index (χ4v) is 3.57. The lowest BCUT2D eigenvalue weighted by molar-refractivity contribution is -0.137. The Labute approximate surface area is 153 Å². The van der Waals surface area contributed by atoms with Crippen molar-refractivity contribution < 1.29 is 18.0 Å². The summed E-state index contributed by atoms with van der Waals surface area (Å²) >= 11 is 0. The number of nitrogens with zero attached hydrogens (tertiary/aromatic N) is 4. The van der Waals surface area contributed by atoms with E-state index >= 15 is 0 Å². The highest BCUT2D eigenvalue weighted by atomic mass is 19.4. The van der Waals surface area contributed by atoms with Crippen LogP contribution in [0.25, 0.3) is 11.2 Å². The molecule has 3 aromatic rings. The van der Waals surface area contributed by atoms with E-state index in [1.54, 1.807) is 11.1 Å². The Morgan fingerprint density at radius 1 is 1.22 bits per heavy atom. The summed E-state index contributed by atoms with van der Waals surface area (Å²) < 4.78 is 40.6. The standard InChI is InChI=1S/C19H17F3N4O/c1-25-16(24-15-6-3-8-23-17(15)25)13-7-9-26(11-13)18(27)12-4-2-5-14(10-12)19(20,21)22/h2-6,8,10,13H,7,9,11H2,1H3/t13-/m1/s1. The summed E-state index contributed by atoms with van der Waals surface area (Å²) in [7, 11) is 1.88. The molecule has 0 aliphatic carbocycles. The van der Waals surface area contributed by atoms with Crippen molar-refractivity contribution in [2.45, 2.75) is 18.5 Å². The van der Waals surface area contributed by atoms with Crippen molar-refractivity contribution in [3.05, 3.63) is 59.5 Å². The minimum atomic E-state index is -4.47. The number of pyridine rings is 1. The maximum absolute atomic E-state index is 12.9. The minimum Gasteiger partial charge on any atom is -0.338 e. The molecule has 0 saturated carbocycles. The second-order valence-corrected chi connectivity index (χ2v) is 6.69. The lowest BCUT2D eigenvalue weighted by Crippen LogP contribution is -2.29. The SMILES string of the molecule is Cn1c([C@@H]2CCN(C(=O)c3cccc(C(F)(F)F)c3)C2)nc2cccnc21. The Bertz CT molecular complexity index is 1010. The Kier molecular flexibility index (Phi) is 4.13. The number of rotatable bonds is 2. The van der Waals surface area contributed by atoms with Gasteiger partial charge in [-0.25, -0.2) is 9.97 Å². The second-order valence-electron chi connectivity index (χ2n) is 6.69. The summed E-state index contributed by atoms with van der Waals surface area (Å²) in [5.74, 6) is 0.475. The predicted octanol–water partition coefficient (Wildman–Crippen LogP) is 3.62. The fourth-order valence-electron chi connectivity index (χ4n) is 3.57. The lowest BCUT2D eigenvalue weighted by atomic mass is 10.1. The molecule has 3 heterocycles. The normalized spacial score (nSPS) is 17.6. The number of aryl methyl sites for hydroxylation is 1. The van der Waals surface area contributed by atoms with E-state index in [1.165, 1.54) is 12.1 Å². The van der Waals surface area contributed by atoms with E-state index in [0.717, 1.165) is 29.1 Å². The second kappa shape index (κ2) is 6.37. The van der Waals surface area contributed by atoms with E-state index in [-0.39, 0.29) is 17.4 Å². The Morgan fingerprint density at radius 3 is 2.78 bits per heavy atom. The Morgan fingerprint density at radius 2 is 2.04 bits per heavy atom. The van der Waals surface area contributed by atoms with Crippen LogP contribution in [0.3, 0.4) is 0 Å². The third kappa shape index (κ3) is 3.15. The van der Waals surface area contributed by atoms with Crippen LogP contribution in [-0.4, -0.2) is 38.4 Å². The summed E-state index contributed by atoms with van der Waals surface area (Å²) in [5, 5.41) is 0. The number of fused-ring (bicyclic) bond motifs is 1. The van der Waals surface area contributed by atoms with Crippen LogP contribution in [-0.2, 0) is 13.2 Å². The first-order valence-corrected chi connectivity index (χ1v) is 8.58. The molecule has 1 saturated heterocycles. The molecule has 1 aliphatic heterocycles. The van der Waals surface area contributed by atoms with Crippen LogP contribution in [0.1, 0.15) is 34.1 Å². The minimum absolute atomic E-state index is 0.0268. The van der Waals surface area contributed by atoms with Crippen molar-refractivity contribution in [1.82, 2.24) is 19.4 Å². The molecule has 0 spiro atoms. The molecule has 8 heteroatoms. The number of hydrogen-bond acceptors (Lipinski definition) is 3. The molecule has 1 fully saturated rings. The number of likely N-dealkylation sites (tertiary alicyclic amines) is 1. The number of benzene rings is 1. The lowest BCUT2D eigenvalue weighted by Gasteiger charge is -2.17. The fraction of sp³-hybridized carbons (Fsp3) is 0.316. The van der Waals surface area contributed by atoms with Gasteiger partial charge in [0.15, 0.2) is 5.65 Å². The van der Waals surface area contributed by atoms with E-state index in [9.17, 15) is 18.0 Å². The summed E-state index contributed by atoms with van der Waals surface area (Å²) in [5.41, 5.74) is 0.801. The maximum atomic E-state index is 12.9. The molecular formula is C19H17F3N4O. The molecule has 5 nitrogen and oxygen atoms in total. The molecule has 0 radical (unpaired) electrons. The smallest absolute Gasteiger partial charge is 0.338 e. The number of amides is 1. The molecule has 140 valence electrons. The molecule has 1 aliphatic rings. The third-order valence-electron chi connectivity index (χ3n) is 4.94. The first-order chi connectivity index (χ1) is 12.8. The van der Waals surface area contributed by atoms with Gasteiger partial charge in [0, 0.05) is 37.8 Å². The number of alkyl halides is 3. The van der Waals surface area contributed by atoms with Crippen LogP contribution in [0, 0.1) is 0 Å². The van der Waals surface area contributed by atoms with Crippen molar-refractivity contribution in [3.63, 3.8) is 0 Å². The van der Waals surface area contributed by atoms with Gasteiger partial charge < -0.3 is 9.47 Å². The van der Waals surface area contributed by atoms with Gasteiger partial charge >= 0.3 is 6.18 Å². The van der Waals surface area contributed by atoms with Crippen molar-refractivity contribution in [1.29, 1.82) is 0 Å². The zero-order valence-corrected chi connectivity index (χ0v) is 14.6. The van der Waals surface area contributed by atoms with E-state index in [4.69, 9.17) is 0 Å². The summed E-state index contributed by atoms with van der Waals surface area (Å²) in [6, 6.07) is 8.26. The van der Waals surface area contributed by atoms with Crippen LogP contribution in [0.4, 0.5) is 13.2 Å². The van der Waals surface area contributed by atoms with Crippen LogP contribution in [0.5, 0.6) is 0 Å². The topological polar surface area (TPSA) is 51.0 Å². The molecule has 1 amide bonds. The van der Waals surface area contributed by atoms with E-state index < -0.39 is 11.7 Å². The van der Waals surface area contributed by atoms with E-state index in [0.29, 0.717) is 19.5 Å². The zero-order chi connectivity index (χ0) is 19.2. The molecule has 2 aromatic heterocycles. The average Bonchev–Trinajstić information content (AvgIpc) is 3.26. The summed E-state index contributed by atoms with van der Waals surface area (Å²) in [4.78, 5) is 23.2. The summed E-state index contributed by atoms with van der Waals surface area (Å²) in [6.45, 7) is 0.905. The number of carbonyl (C=O) groups excluding carboxylic acids is 1. The number of carbonyl (C=O) groups is 1. The molecule has 27 heavy (non-hydrogen) atoms. The summed E-state index contributed by atoms with van der Waals surface area (Å²) in [6.07, 6.45) is -2.06. The number of hydrogen-bond donors (Lipinski definition) is 0. The first-order valence-electron chi connectivity index (χ1n) is 8.58. The zero-order valence-electron chi connectivity index (χ0n) is 14.6. The molecular weight excluding hydrogens is 357 g/mol. The molecule has 0 N–H and O–H groups in total. The third-order valence-corrected chi connectivity index (χ3v) is 4.94. The highest BCUT2D eigenvalue weighted by Crippen LogP contribution is 2.32. The van der Waals surface area contributed by atoms with Crippen LogP contribution in [0.2, 0.25) is 0 Å². The van der Waals surface area contributed by atoms with Gasteiger partial charge in [0.2, 0.25) is 0 Å². The largest absolute Gasteiger partial charge is 0.416 e. The quantitative estimate of drug-likeness (QED) is 0.689. The molecule has 1 aromatic carbocycles. The van der Waals surface area contributed by atoms with Crippen LogP contribution >= 0.6 is 0 Å². The Hall–Kier alpha value is -2.90. The first kappa shape index (κ1) is 17.5. The number of halogens is 3. The highest BCUT2D eigenvalue weighted by molar-refractivity contribution is 5.94. The van der Waals surface area contributed by atoms with Gasteiger partial charge in [-0.1, -0.05) is 6.07 Å². The Balaban J connectivity index is 1.56. The van der Waals surface area contributed by atoms with Gasteiger partial charge in [0.1, 0.15) is 11.3 Å². The maximum Gasteiger partial charge on any atom is 0.416 e. The highest BCUT2D eigenvalue weighted by Gasteiger charge is 2.33. The molecule has 1 atom stereocenters. The van der Waals surface area contributed by atoms with Crippen molar-refractivity contribution >= 4 is 17.1 Å². The van der Waals surface area contributed by atoms with Gasteiger partial charge in [-0.3, -0.25) is 4.79 Å². The van der Waals surface area contributed by atoms with Crippen LogP contribution in [0.15, 0.2) is 42.6 Å². The van der Waals surface area contributed by atoms with Gasteiger partial charge in [-0.15, -0.1) is 0 Å². The molecule has 4 rings (SSSR count). The van der Waals surface area contributed by atoms with Gasteiger partial charge in [-0.2, -0.15) is 13.2 Å². The van der Waals surface area contributed by atoms with Gasteiger partial charge in [-0.05, 0) is 36.8 Å². The molecule has 0 unspecified atom stereocenters.